The van der Waals surface area contributed by atoms with Crippen molar-refractivity contribution in [1.29, 1.82) is 5.26 Å². The van der Waals surface area contributed by atoms with Gasteiger partial charge in [-0.1, -0.05) is 11.6 Å². The number of nitriles is 1. The van der Waals surface area contributed by atoms with E-state index in [4.69, 9.17) is 25.7 Å². The van der Waals surface area contributed by atoms with Gasteiger partial charge in [-0.15, -0.1) is 0 Å². The molecule has 0 amide bonds. The van der Waals surface area contributed by atoms with Crippen LogP contribution in [0.3, 0.4) is 0 Å². The molecular weight excluding hydrogens is 278 g/mol. The first-order valence-electron chi connectivity index (χ1n) is 5.91. The van der Waals surface area contributed by atoms with Crippen LogP contribution in [-0.2, 0) is 0 Å². The highest BCUT2D eigenvalue weighted by Crippen LogP contribution is 2.30. The largest absolute Gasteiger partial charge is 0.444 e. The molecule has 0 saturated carbocycles. The lowest BCUT2D eigenvalue weighted by Gasteiger charge is -1.96. The van der Waals surface area contributed by atoms with E-state index in [-0.39, 0.29) is 6.01 Å². The molecule has 0 fully saturated rings. The number of aromatic nitrogens is 1. The Bertz CT molecular complexity index is 842. The summed E-state index contributed by atoms with van der Waals surface area (Å²) in [5.74, 6) is 1.02. The van der Waals surface area contributed by atoms with Crippen molar-refractivity contribution in [2.75, 3.05) is 5.32 Å². The summed E-state index contributed by atoms with van der Waals surface area (Å²) in [5.41, 5.74) is 2.49. The number of nitrogens with zero attached hydrogens (tertiary/aromatic N) is 2. The third-order valence-electron chi connectivity index (χ3n) is 3.07. The first-order chi connectivity index (χ1) is 9.58. The van der Waals surface area contributed by atoms with E-state index in [1.165, 1.54) is 0 Å². The molecule has 6 heteroatoms. The van der Waals surface area contributed by atoms with Crippen LogP contribution in [0.4, 0.5) is 11.9 Å². The molecule has 2 aromatic heterocycles. The predicted molar refractivity (Wildman–Crippen MR) is 75.2 cm³/mol. The monoisotopic (exact) mass is 287 g/mol. The van der Waals surface area contributed by atoms with E-state index < -0.39 is 0 Å². The van der Waals surface area contributed by atoms with Crippen LogP contribution in [0.25, 0.3) is 11.1 Å². The highest BCUT2D eigenvalue weighted by molar-refractivity contribution is 6.31. The van der Waals surface area contributed by atoms with Crippen molar-refractivity contribution in [1.82, 2.24) is 4.98 Å². The van der Waals surface area contributed by atoms with Crippen LogP contribution in [0.15, 0.2) is 27.0 Å². The Morgan fingerprint density at radius 1 is 1.30 bits per heavy atom. The summed E-state index contributed by atoms with van der Waals surface area (Å²) in [7, 11) is 0. The number of aryl methyl sites for hydroxylation is 1. The summed E-state index contributed by atoms with van der Waals surface area (Å²) in [5, 5.41) is 12.6. The Morgan fingerprint density at radius 3 is 2.85 bits per heavy atom. The Labute approximate surface area is 119 Å². The molecule has 3 rings (SSSR count). The highest BCUT2D eigenvalue weighted by atomic mass is 35.5. The number of rotatable bonds is 2. The average Bonchev–Trinajstić information content (AvgIpc) is 2.91. The fourth-order valence-corrected chi connectivity index (χ4v) is 2.07. The van der Waals surface area contributed by atoms with Crippen molar-refractivity contribution in [2.24, 2.45) is 0 Å². The van der Waals surface area contributed by atoms with Gasteiger partial charge in [-0.2, -0.15) is 10.2 Å². The Hall–Kier alpha value is -2.45. The molecule has 0 spiro atoms. The minimum Gasteiger partial charge on any atom is -0.444 e. The van der Waals surface area contributed by atoms with Crippen LogP contribution in [-0.4, -0.2) is 4.98 Å². The SMILES string of the molecule is Cc1oc(Nc2nc3cc(Cl)ccc3o2)c(C#N)c1C. The van der Waals surface area contributed by atoms with E-state index in [0.29, 0.717) is 33.3 Å². The van der Waals surface area contributed by atoms with Gasteiger partial charge in [0.15, 0.2) is 5.58 Å². The number of hydrogen-bond acceptors (Lipinski definition) is 5. The maximum atomic E-state index is 9.15. The second kappa shape index (κ2) is 4.58. The number of halogens is 1. The smallest absolute Gasteiger partial charge is 0.302 e. The zero-order valence-electron chi connectivity index (χ0n) is 10.8. The summed E-state index contributed by atoms with van der Waals surface area (Å²) in [6.07, 6.45) is 0. The molecular formula is C14H10ClN3O2. The minimum absolute atomic E-state index is 0.257. The van der Waals surface area contributed by atoms with E-state index in [0.717, 1.165) is 5.56 Å². The Morgan fingerprint density at radius 2 is 2.10 bits per heavy atom. The van der Waals surface area contributed by atoms with Crippen molar-refractivity contribution in [3.63, 3.8) is 0 Å². The van der Waals surface area contributed by atoms with Crippen molar-refractivity contribution in [3.8, 4) is 6.07 Å². The van der Waals surface area contributed by atoms with E-state index in [2.05, 4.69) is 16.4 Å². The Balaban J connectivity index is 2.01. The third kappa shape index (κ3) is 2.00. The predicted octanol–water partition coefficient (Wildman–Crippen LogP) is 4.31. The van der Waals surface area contributed by atoms with Crippen molar-refractivity contribution in [3.05, 3.63) is 40.1 Å². The zero-order valence-corrected chi connectivity index (χ0v) is 11.6. The average molecular weight is 288 g/mol. The number of fused-ring (bicyclic) bond motifs is 1. The van der Waals surface area contributed by atoms with Crippen molar-refractivity contribution in [2.45, 2.75) is 13.8 Å². The summed E-state index contributed by atoms with van der Waals surface area (Å²) >= 11 is 5.90. The van der Waals surface area contributed by atoms with Gasteiger partial charge in [0, 0.05) is 10.6 Å². The van der Waals surface area contributed by atoms with E-state index in [1.807, 2.05) is 6.92 Å². The molecule has 1 N–H and O–H groups in total. The number of nitrogens with one attached hydrogen (secondary N) is 1. The molecule has 0 atom stereocenters. The van der Waals surface area contributed by atoms with Gasteiger partial charge in [0.1, 0.15) is 22.9 Å². The number of anilines is 2. The number of benzene rings is 1. The molecule has 0 bridgehead atoms. The van der Waals surface area contributed by atoms with Crippen LogP contribution in [0.5, 0.6) is 0 Å². The molecule has 20 heavy (non-hydrogen) atoms. The number of hydrogen-bond donors (Lipinski definition) is 1. The van der Waals surface area contributed by atoms with Crippen molar-refractivity contribution >= 4 is 34.6 Å². The molecule has 2 heterocycles. The maximum absolute atomic E-state index is 9.15. The third-order valence-corrected chi connectivity index (χ3v) is 3.30. The van der Waals surface area contributed by atoms with Gasteiger partial charge in [0.25, 0.3) is 0 Å². The summed E-state index contributed by atoms with van der Waals surface area (Å²) in [6.45, 7) is 3.63. The van der Waals surface area contributed by atoms with Crippen LogP contribution in [0.1, 0.15) is 16.9 Å². The first-order valence-corrected chi connectivity index (χ1v) is 6.29. The second-order valence-corrected chi connectivity index (χ2v) is 4.79. The Kier molecular flexibility index (Phi) is 2.88. The molecule has 0 saturated heterocycles. The fraction of sp³-hybridized carbons (Fsp3) is 0.143. The molecule has 5 nitrogen and oxygen atoms in total. The van der Waals surface area contributed by atoms with E-state index in [9.17, 15) is 0 Å². The van der Waals surface area contributed by atoms with Gasteiger partial charge in [0.05, 0.1) is 0 Å². The summed E-state index contributed by atoms with van der Waals surface area (Å²) in [4.78, 5) is 4.25. The number of furan rings is 1. The number of oxazole rings is 1. The van der Waals surface area contributed by atoms with Gasteiger partial charge in [0.2, 0.25) is 5.88 Å². The minimum atomic E-state index is 0.257. The molecule has 0 aliphatic carbocycles. The fourth-order valence-electron chi connectivity index (χ4n) is 1.90. The van der Waals surface area contributed by atoms with Gasteiger partial charge >= 0.3 is 6.01 Å². The topological polar surface area (TPSA) is 75.0 Å². The first kappa shape index (κ1) is 12.6. The zero-order chi connectivity index (χ0) is 14.3. The van der Waals surface area contributed by atoms with Gasteiger partial charge in [-0.25, -0.2) is 0 Å². The van der Waals surface area contributed by atoms with Crippen molar-refractivity contribution < 1.29 is 8.83 Å². The molecule has 0 unspecified atom stereocenters. The van der Waals surface area contributed by atoms with Gasteiger partial charge in [-0.3, -0.25) is 5.32 Å². The van der Waals surface area contributed by atoms with Crippen LogP contribution in [0, 0.1) is 25.2 Å². The van der Waals surface area contributed by atoms with E-state index in [1.54, 1.807) is 25.1 Å². The standard InChI is InChI=1S/C14H10ClN3O2/c1-7-8(2)19-13(10(7)6-16)18-14-17-11-5-9(15)3-4-12(11)20-14/h3-5H,1-2H3,(H,17,18). The normalized spacial score (nSPS) is 10.7. The molecule has 0 aliphatic heterocycles. The maximum Gasteiger partial charge on any atom is 0.302 e. The lowest BCUT2D eigenvalue weighted by Crippen LogP contribution is -1.90. The quantitative estimate of drug-likeness (QED) is 0.760. The summed E-state index contributed by atoms with van der Waals surface area (Å²) < 4.78 is 11.0. The van der Waals surface area contributed by atoms with Gasteiger partial charge in [-0.05, 0) is 32.0 Å². The molecule has 0 aliphatic rings. The summed E-state index contributed by atoms with van der Waals surface area (Å²) in [6, 6.07) is 7.52. The van der Waals surface area contributed by atoms with Crippen LogP contribution < -0.4 is 5.32 Å². The molecule has 1 aromatic carbocycles. The molecule has 3 aromatic rings. The lowest BCUT2D eigenvalue weighted by atomic mass is 10.2. The highest BCUT2D eigenvalue weighted by Gasteiger charge is 2.16. The van der Waals surface area contributed by atoms with Gasteiger partial charge < -0.3 is 8.83 Å². The molecule has 0 radical (unpaired) electrons. The lowest BCUT2D eigenvalue weighted by molar-refractivity contribution is 0.540. The molecule has 100 valence electrons. The van der Waals surface area contributed by atoms with Crippen LogP contribution >= 0.6 is 11.6 Å². The second-order valence-electron chi connectivity index (χ2n) is 4.36. The van der Waals surface area contributed by atoms with E-state index >= 15 is 0 Å². The van der Waals surface area contributed by atoms with Crippen LogP contribution in [0.2, 0.25) is 5.02 Å².